The molecule has 0 aliphatic rings. The average Bonchev–Trinajstić information content (AvgIpc) is 2.97. The summed E-state index contributed by atoms with van der Waals surface area (Å²) in [5, 5.41) is 3.39. The van der Waals surface area contributed by atoms with Crippen molar-refractivity contribution in [3.8, 4) is 0 Å². The summed E-state index contributed by atoms with van der Waals surface area (Å²) in [7, 11) is -4.12. The average molecular weight is 616 g/mol. The summed E-state index contributed by atoms with van der Waals surface area (Å²) in [4.78, 5) is 29.8. The number of amides is 2. The SMILES string of the molecule is CCCCNC(=O)[C@H](CC)N(Cc1ccccc1Cl)C(=O)CN(c1ccc(C)cc1)S(=O)(=O)c1ccc(SC)cc1. The topological polar surface area (TPSA) is 86.8 Å². The summed E-state index contributed by atoms with van der Waals surface area (Å²) in [5.74, 6) is -0.786. The maximum atomic E-state index is 14.1. The number of anilines is 1. The molecule has 0 saturated heterocycles. The number of rotatable bonds is 14. The Hall–Kier alpha value is -3.01. The lowest BCUT2D eigenvalue weighted by molar-refractivity contribution is -0.140. The Morgan fingerprint density at radius 2 is 1.63 bits per heavy atom. The van der Waals surface area contributed by atoms with Gasteiger partial charge in [0.2, 0.25) is 11.8 Å². The van der Waals surface area contributed by atoms with Gasteiger partial charge >= 0.3 is 0 Å². The lowest BCUT2D eigenvalue weighted by Gasteiger charge is -2.33. The van der Waals surface area contributed by atoms with Gasteiger partial charge in [0.1, 0.15) is 12.6 Å². The Balaban J connectivity index is 2.04. The maximum absolute atomic E-state index is 14.1. The quantitative estimate of drug-likeness (QED) is 0.170. The molecule has 3 aromatic carbocycles. The fourth-order valence-corrected chi connectivity index (χ4v) is 6.37. The summed E-state index contributed by atoms with van der Waals surface area (Å²) in [6.45, 7) is 5.84. The van der Waals surface area contributed by atoms with Crippen LogP contribution in [0.5, 0.6) is 0 Å². The van der Waals surface area contributed by atoms with Crippen molar-refractivity contribution in [2.75, 3.05) is 23.7 Å². The lowest BCUT2D eigenvalue weighted by Crippen LogP contribution is -2.52. The first-order valence-corrected chi connectivity index (χ1v) is 16.7. The van der Waals surface area contributed by atoms with E-state index in [1.807, 2.05) is 33.1 Å². The molecule has 41 heavy (non-hydrogen) atoms. The minimum absolute atomic E-state index is 0.0580. The molecule has 0 heterocycles. The highest BCUT2D eigenvalue weighted by atomic mass is 35.5. The van der Waals surface area contributed by atoms with E-state index >= 15 is 0 Å². The zero-order valence-corrected chi connectivity index (χ0v) is 26.4. The van der Waals surface area contributed by atoms with E-state index in [1.54, 1.807) is 66.7 Å². The van der Waals surface area contributed by atoms with Crippen molar-refractivity contribution in [1.29, 1.82) is 0 Å². The molecular weight excluding hydrogens is 578 g/mol. The molecule has 1 atom stereocenters. The number of hydrogen-bond acceptors (Lipinski definition) is 5. The van der Waals surface area contributed by atoms with Crippen LogP contribution in [0, 0.1) is 6.92 Å². The van der Waals surface area contributed by atoms with Crippen LogP contribution in [0.4, 0.5) is 5.69 Å². The van der Waals surface area contributed by atoms with Gasteiger partial charge in [0.25, 0.3) is 10.0 Å². The van der Waals surface area contributed by atoms with Crippen LogP contribution in [0.1, 0.15) is 44.2 Å². The second-order valence-electron chi connectivity index (χ2n) is 9.70. The predicted molar refractivity (Wildman–Crippen MR) is 168 cm³/mol. The van der Waals surface area contributed by atoms with E-state index < -0.39 is 28.5 Å². The van der Waals surface area contributed by atoms with E-state index in [0.717, 1.165) is 27.6 Å². The van der Waals surface area contributed by atoms with Crippen molar-refractivity contribution in [3.05, 3.63) is 88.9 Å². The van der Waals surface area contributed by atoms with Crippen LogP contribution in [0.2, 0.25) is 5.02 Å². The molecule has 2 amide bonds. The first-order valence-electron chi connectivity index (χ1n) is 13.7. The van der Waals surface area contributed by atoms with Gasteiger partial charge in [-0.15, -0.1) is 11.8 Å². The highest BCUT2D eigenvalue weighted by Gasteiger charge is 2.33. The molecule has 0 fully saturated rings. The number of sulfonamides is 1. The van der Waals surface area contributed by atoms with Gasteiger partial charge < -0.3 is 10.2 Å². The number of carbonyl (C=O) groups excluding carboxylic acids is 2. The van der Waals surface area contributed by atoms with E-state index in [1.165, 1.54) is 16.7 Å². The second-order valence-corrected chi connectivity index (χ2v) is 12.9. The Kier molecular flexibility index (Phi) is 12.1. The Morgan fingerprint density at radius 3 is 2.22 bits per heavy atom. The highest BCUT2D eigenvalue weighted by molar-refractivity contribution is 7.98. The summed E-state index contributed by atoms with van der Waals surface area (Å²) in [6.07, 6.45) is 3.99. The molecule has 220 valence electrons. The predicted octanol–water partition coefficient (Wildman–Crippen LogP) is 6.29. The van der Waals surface area contributed by atoms with Crippen molar-refractivity contribution >= 4 is 50.9 Å². The van der Waals surface area contributed by atoms with Crippen LogP contribution in [0.25, 0.3) is 0 Å². The zero-order valence-electron chi connectivity index (χ0n) is 24.0. The van der Waals surface area contributed by atoms with Gasteiger partial charge in [0.05, 0.1) is 10.6 Å². The highest BCUT2D eigenvalue weighted by Crippen LogP contribution is 2.27. The van der Waals surface area contributed by atoms with Gasteiger partial charge in [-0.05, 0) is 74.0 Å². The van der Waals surface area contributed by atoms with Crippen molar-refractivity contribution < 1.29 is 18.0 Å². The fraction of sp³-hybridized carbons (Fsp3) is 0.355. The normalized spacial score (nSPS) is 12.0. The van der Waals surface area contributed by atoms with Crippen LogP contribution in [0.3, 0.4) is 0 Å². The Bertz CT molecular complexity index is 1410. The molecule has 3 rings (SSSR count). The zero-order chi connectivity index (χ0) is 30.0. The fourth-order valence-electron chi connectivity index (χ4n) is 4.35. The van der Waals surface area contributed by atoms with E-state index in [9.17, 15) is 18.0 Å². The Labute approximate surface area is 253 Å². The number of nitrogens with zero attached hydrogens (tertiary/aromatic N) is 2. The van der Waals surface area contributed by atoms with Gasteiger partial charge in [-0.2, -0.15) is 0 Å². The minimum atomic E-state index is -4.12. The molecule has 0 aliphatic carbocycles. The molecule has 10 heteroatoms. The van der Waals surface area contributed by atoms with Crippen molar-refractivity contribution in [2.24, 2.45) is 0 Å². The summed E-state index contributed by atoms with van der Waals surface area (Å²) < 4.78 is 29.1. The number of thioether (sulfide) groups is 1. The number of aryl methyl sites for hydroxylation is 1. The number of carbonyl (C=O) groups is 2. The molecular formula is C31H38ClN3O4S2. The third kappa shape index (κ3) is 8.50. The maximum Gasteiger partial charge on any atom is 0.264 e. The van der Waals surface area contributed by atoms with Gasteiger partial charge in [0.15, 0.2) is 0 Å². The van der Waals surface area contributed by atoms with Gasteiger partial charge in [-0.3, -0.25) is 13.9 Å². The second kappa shape index (κ2) is 15.3. The van der Waals surface area contributed by atoms with E-state index in [2.05, 4.69) is 5.32 Å². The molecule has 1 N–H and O–H groups in total. The molecule has 0 spiro atoms. The van der Waals surface area contributed by atoms with E-state index in [-0.39, 0.29) is 17.3 Å². The van der Waals surface area contributed by atoms with E-state index in [0.29, 0.717) is 29.2 Å². The number of unbranched alkanes of at least 4 members (excludes halogenated alkanes) is 1. The van der Waals surface area contributed by atoms with Gasteiger partial charge in [-0.1, -0.05) is 67.8 Å². The summed E-state index contributed by atoms with van der Waals surface area (Å²) >= 11 is 7.96. The molecule has 0 aliphatic heterocycles. The molecule has 0 unspecified atom stereocenters. The minimum Gasteiger partial charge on any atom is -0.354 e. The number of benzene rings is 3. The third-order valence-electron chi connectivity index (χ3n) is 6.76. The molecule has 0 radical (unpaired) electrons. The standard InChI is InChI=1S/C31H38ClN3O4S2/c1-5-7-20-33-31(37)29(6-2)34(21-24-10-8-9-11-28(24)32)30(36)22-35(25-14-12-23(3)13-15-25)41(38,39)27-18-16-26(40-4)17-19-27/h8-19,29H,5-7,20-22H2,1-4H3,(H,33,37)/t29-/m0/s1. The van der Waals surface area contributed by atoms with Gasteiger partial charge in [-0.25, -0.2) is 8.42 Å². The first-order chi connectivity index (χ1) is 19.6. The van der Waals surface area contributed by atoms with Crippen LogP contribution in [-0.4, -0.2) is 50.5 Å². The van der Waals surface area contributed by atoms with Crippen LogP contribution < -0.4 is 9.62 Å². The number of nitrogens with one attached hydrogen (secondary N) is 1. The summed E-state index contributed by atoms with van der Waals surface area (Å²) in [6, 6.07) is 19.9. The van der Waals surface area contributed by atoms with Crippen LogP contribution in [-0.2, 0) is 26.2 Å². The monoisotopic (exact) mass is 615 g/mol. The smallest absolute Gasteiger partial charge is 0.264 e. The molecule has 0 aromatic heterocycles. The Morgan fingerprint density at radius 1 is 0.976 bits per heavy atom. The molecule has 7 nitrogen and oxygen atoms in total. The third-order valence-corrected chi connectivity index (χ3v) is 9.66. The van der Waals surface area contributed by atoms with Crippen LogP contribution in [0.15, 0.2) is 82.6 Å². The van der Waals surface area contributed by atoms with Crippen molar-refractivity contribution in [1.82, 2.24) is 10.2 Å². The van der Waals surface area contributed by atoms with Gasteiger partial charge in [0, 0.05) is 23.0 Å². The van der Waals surface area contributed by atoms with Crippen molar-refractivity contribution in [2.45, 2.75) is 62.4 Å². The van der Waals surface area contributed by atoms with Crippen molar-refractivity contribution in [3.63, 3.8) is 0 Å². The lowest BCUT2D eigenvalue weighted by atomic mass is 10.1. The number of halogens is 1. The molecule has 3 aromatic rings. The summed E-state index contributed by atoms with van der Waals surface area (Å²) in [5.41, 5.74) is 1.98. The number of hydrogen-bond donors (Lipinski definition) is 1. The first kappa shape index (κ1) is 32.5. The molecule has 0 saturated carbocycles. The van der Waals surface area contributed by atoms with Crippen LogP contribution >= 0.6 is 23.4 Å². The largest absolute Gasteiger partial charge is 0.354 e. The van der Waals surface area contributed by atoms with E-state index in [4.69, 9.17) is 11.6 Å². The molecule has 0 bridgehead atoms.